The molecular weight excluding hydrogens is 318 g/mol. The number of aliphatic hydroxyl groups is 1. The van der Waals surface area contributed by atoms with Crippen LogP contribution < -0.4 is 11.3 Å². The molecule has 4 N–H and O–H groups in total. The molecule has 0 bridgehead atoms. The zero-order valence-electron chi connectivity index (χ0n) is 12.5. The predicted molar refractivity (Wildman–Crippen MR) is 82.8 cm³/mol. The van der Waals surface area contributed by atoms with Gasteiger partial charge in [-0.25, -0.2) is 14.6 Å². The number of hydrazine groups is 1. The van der Waals surface area contributed by atoms with Gasteiger partial charge in [0, 0.05) is 17.0 Å². The molecule has 0 spiro atoms. The first-order valence-corrected chi connectivity index (χ1v) is 7.08. The number of nitrogens with one attached hydrogen (secondary N) is 1. The van der Waals surface area contributed by atoms with Crippen LogP contribution in [0.5, 0.6) is 0 Å². The van der Waals surface area contributed by atoms with E-state index in [0.29, 0.717) is 16.5 Å². The molecule has 3 rings (SSSR count). The second-order valence-electron chi connectivity index (χ2n) is 5.23. The number of nitrogens with two attached hydrogens (primary N) is 1. The molecule has 3 aromatic rings. The molecule has 1 aromatic heterocycles. The molecule has 0 radical (unpaired) electrons. The van der Waals surface area contributed by atoms with E-state index in [2.05, 4.69) is 5.10 Å². The van der Waals surface area contributed by atoms with E-state index in [-0.39, 0.29) is 24.4 Å². The minimum atomic E-state index is -0.707. The van der Waals surface area contributed by atoms with Crippen molar-refractivity contribution in [3.8, 4) is 0 Å². The number of hydrogen-bond acceptors (Lipinski definition) is 4. The van der Waals surface area contributed by atoms with Crippen molar-refractivity contribution in [3.63, 3.8) is 0 Å². The van der Waals surface area contributed by atoms with E-state index < -0.39 is 17.5 Å². The zero-order chi connectivity index (χ0) is 17.3. The zero-order valence-corrected chi connectivity index (χ0v) is 12.5. The highest BCUT2D eigenvalue weighted by Crippen LogP contribution is 2.22. The second kappa shape index (κ2) is 6.34. The molecule has 0 saturated heterocycles. The SMILES string of the molecule is NNC(=O)c1nn(Cc2ccc(F)cc2F)c2cc(CO)ccc12. The van der Waals surface area contributed by atoms with Crippen molar-refractivity contribution in [2.24, 2.45) is 5.84 Å². The Kier molecular flexibility index (Phi) is 4.24. The molecule has 1 heterocycles. The van der Waals surface area contributed by atoms with E-state index in [1.54, 1.807) is 18.2 Å². The lowest BCUT2D eigenvalue weighted by Gasteiger charge is -2.06. The van der Waals surface area contributed by atoms with E-state index in [0.717, 1.165) is 12.1 Å². The first-order valence-electron chi connectivity index (χ1n) is 7.08. The molecule has 0 aliphatic carbocycles. The lowest BCUT2D eigenvalue weighted by atomic mass is 10.1. The Labute approximate surface area is 135 Å². The number of aromatic nitrogens is 2. The number of amides is 1. The molecule has 6 nitrogen and oxygen atoms in total. The molecule has 24 heavy (non-hydrogen) atoms. The van der Waals surface area contributed by atoms with Crippen LogP contribution in [-0.2, 0) is 13.2 Å². The summed E-state index contributed by atoms with van der Waals surface area (Å²) in [7, 11) is 0. The number of carbonyl (C=O) groups excluding carboxylic acids is 1. The molecule has 0 aliphatic heterocycles. The van der Waals surface area contributed by atoms with Gasteiger partial charge in [0.15, 0.2) is 5.69 Å². The predicted octanol–water partition coefficient (Wildman–Crippen LogP) is 1.46. The Balaban J connectivity index is 2.13. The van der Waals surface area contributed by atoms with Crippen molar-refractivity contribution < 1.29 is 18.7 Å². The largest absolute Gasteiger partial charge is 0.392 e. The maximum atomic E-state index is 13.9. The number of fused-ring (bicyclic) bond motifs is 1. The number of benzene rings is 2. The Hall–Kier alpha value is -2.84. The van der Waals surface area contributed by atoms with Gasteiger partial charge in [-0.2, -0.15) is 5.10 Å². The highest BCUT2D eigenvalue weighted by Gasteiger charge is 2.18. The van der Waals surface area contributed by atoms with Gasteiger partial charge in [-0.15, -0.1) is 0 Å². The first kappa shape index (κ1) is 16.0. The summed E-state index contributed by atoms with van der Waals surface area (Å²) < 4.78 is 28.3. The summed E-state index contributed by atoms with van der Waals surface area (Å²) in [6, 6.07) is 8.19. The normalized spacial score (nSPS) is 11.0. The van der Waals surface area contributed by atoms with Gasteiger partial charge in [0.25, 0.3) is 5.91 Å². The molecule has 2 aromatic carbocycles. The summed E-state index contributed by atoms with van der Waals surface area (Å²) in [6.07, 6.45) is 0. The summed E-state index contributed by atoms with van der Waals surface area (Å²) in [5.41, 5.74) is 3.46. The third-order valence-corrected chi connectivity index (χ3v) is 3.68. The van der Waals surface area contributed by atoms with Crippen molar-refractivity contribution in [2.45, 2.75) is 13.2 Å². The quantitative estimate of drug-likeness (QED) is 0.383. The fourth-order valence-corrected chi connectivity index (χ4v) is 2.49. The second-order valence-corrected chi connectivity index (χ2v) is 5.23. The molecule has 0 unspecified atom stereocenters. The molecule has 1 amide bonds. The monoisotopic (exact) mass is 332 g/mol. The molecule has 0 aliphatic rings. The Morgan fingerprint density at radius 1 is 1.25 bits per heavy atom. The molecule has 0 fully saturated rings. The van der Waals surface area contributed by atoms with Gasteiger partial charge in [0.1, 0.15) is 11.6 Å². The number of nitrogen functional groups attached to an aromatic ring is 1. The van der Waals surface area contributed by atoms with E-state index in [9.17, 15) is 18.7 Å². The van der Waals surface area contributed by atoms with Gasteiger partial charge in [0.2, 0.25) is 0 Å². The van der Waals surface area contributed by atoms with Crippen molar-refractivity contribution in [3.05, 3.63) is 64.9 Å². The van der Waals surface area contributed by atoms with E-state index in [4.69, 9.17) is 5.84 Å². The van der Waals surface area contributed by atoms with Crippen LogP contribution in [0.3, 0.4) is 0 Å². The molecule has 0 saturated carbocycles. The van der Waals surface area contributed by atoms with Crippen LogP contribution in [0, 0.1) is 11.6 Å². The van der Waals surface area contributed by atoms with Crippen molar-refractivity contribution in [1.29, 1.82) is 0 Å². The highest BCUT2D eigenvalue weighted by molar-refractivity contribution is 6.04. The first-order chi connectivity index (χ1) is 11.5. The van der Waals surface area contributed by atoms with E-state index in [1.807, 2.05) is 5.43 Å². The highest BCUT2D eigenvalue weighted by atomic mass is 19.1. The van der Waals surface area contributed by atoms with Gasteiger partial charge in [-0.05, 0) is 17.7 Å². The van der Waals surface area contributed by atoms with Crippen LogP contribution in [0.1, 0.15) is 21.6 Å². The van der Waals surface area contributed by atoms with Gasteiger partial charge in [-0.3, -0.25) is 14.9 Å². The minimum absolute atomic E-state index is 0.00462. The number of nitrogens with zero attached hydrogens (tertiary/aromatic N) is 2. The maximum Gasteiger partial charge on any atom is 0.286 e. The summed E-state index contributed by atoms with van der Waals surface area (Å²) in [5, 5.41) is 14.0. The number of carbonyl (C=O) groups is 1. The lowest BCUT2D eigenvalue weighted by Crippen LogP contribution is -2.30. The van der Waals surface area contributed by atoms with E-state index in [1.165, 1.54) is 10.7 Å². The Morgan fingerprint density at radius 2 is 2.04 bits per heavy atom. The van der Waals surface area contributed by atoms with Gasteiger partial charge in [0.05, 0.1) is 18.7 Å². The number of hydrogen-bond donors (Lipinski definition) is 3. The average Bonchev–Trinajstić information content (AvgIpc) is 2.94. The third-order valence-electron chi connectivity index (χ3n) is 3.68. The number of halogens is 2. The van der Waals surface area contributed by atoms with Gasteiger partial charge < -0.3 is 5.11 Å². The van der Waals surface area contributed by atoms with Crippen LogP contribution in [0.15, 0.2) is 36.4 Å². The average molecular weight is 332 g/mol. The Morgan fingerprint density at radius 3 is 2.71 bits per heavy atom. The minimum Gasteiger partial charge on any atom is -0.392 e. The molecular formula is C16H14F2N4O2. The van der Waals surface area contributed by atoms with Gasteiger partial charge >= 0.3 is 0 Å². The summed E-state index contributed by atoms with van der Waals surface area (Å²) in [5.74, 6) is 3.19. The molecule has 0 atom stereocenters. The summed E-state index contributed by atoms with van der Waals surface area (Å²) in [4.78, 5) is 11.9. The third kappa shape index (κ3) is 2.84. The van der Waals surface area contributed by atoms with E-state index >= 15 is 0 Å². The number of aliphatic hydroxyl groups excluding tert-OH is 1. The van der Waals surface area contributed by atoms with Gasteiger partial charge in [-0.1, -0.05) is 18.2 Å². The summed E-state index contributed by atoms with van der Waals surface area (Å²) >= 11 is 0. The maximum absolute atomic E-state index is 13.9. The topological polar surface area (TPSA) is 93.2 Å². The fraction of sp³-hybridized carbons (Fsp3) is 0.125. The van der Waals surface area contributed by atoms with Crippen LogP contribution >= 0.6 is 0 Å². The fourth-order valence-electron chi connectivity index (χ4n) is 2.49. The van der Waals surface area contributed by atoms with Crippen LogP contribution in [0.4, 0.5) is 8.78 Å². The lowest BCUT2D eigenvalue weighted by molar-refractivity contribution is 0.0949. The van der Waals surface area contributed by atoms with Crippen LogP contribution in [-0.4, -0.2) is 20.8 Å². The molecule has 124 valence electrons. The summed E-state index contributed by atoms with van der Waals surface area (Å²) in [6.45, 7) is -0.195. The van der Waals surface area contributed by atoms with Crippen LogP contribution in [0.25, 0.3) is 10.9 Å². The smallest absolute Gasteiger partial charge is 0.286 e. The van der Waals surface area contributed by atoms with Crippen LogP contribution in [0.2, 0.25) is 0 Å². The van der Waals surface area contributed by atoms with Crippen molar-refractivity contribution >= 4 is 16.8 Å². The standard InChI is InChI=1S/C16H14F2N4O2/c17-11-3-2-10(13(18)6-11)7-22-14-5-9(8-23)1-4-12(14)15(21-22)16(24)20-19/h1-6,23H,7-8,19H2,(H,20,24). The molecule has 8 heteroatoms. The Bertz CT molecular complexity index is 924. The number of rotatable bonds is 4. The van der Waals surface area contributed by atoms with Crippen molar-refractivity contribution in [1.82, 2.24) is 15.2 Å². The van der Waals surface area contributed by atoms with Crippen molar-refractivity contribution in [2.75, 3.05) is 0 Å².